The molecule has 3 N–H and O–H groups in total. The molecule has 0 aliphatic rings. The van der Waals surface area contributed by atoms with Crippen LogP contribution in [0.1, 0.15) is 30.9 Å². The Labute approximate surface area is 157 Å². The number of rotatable bonds is 7. The highest BCUT2D eigenvalue weighted by molar-refractivity contribution is 7.80. The molecule has 0 aromatic heterocycles. The number of ether oxygens (including phenoxy) is 1. The lowest BCUT2D eigenvalue weighted by Crippen LogP contribution is -2.23. The first-order valence-electron chi connectivity index (χ1n) is 8.08. The second-order valence-corrected chi connectivity index (χ2v) is 6.26. The van der Waals surface area contributed by atoms with E-state index in [-0.39, 0.29) is 6.61 Å². The van der Waals surface area contributed by atoms with Crippen LogP contribution < -0.4 is 15.5 Å². The quantitative estimate of drug-likeness (QED) is 0.392. The van der Waals surface area contributed by atoms with E-state index in [4.69, 9.17) is 22.1 Å². The first-order valence-corrected chi connectivity index (χ1v) is 8.49. The number of hydrogen-bond donors (Lipinski definition) is 3. The van der Waals surface area contributed by atoms with Crippen molar-refractivity contribution in [3.05, 3.63) is 59.7 Å². The number of benzene rings is 2. The maximum absolute atomic E-state index is 10.4. The molecular formula is C19H21N3O3S. The van der Waals surface area contributed by atoms with Crippen molar-refractivity contribution >= 4 is 35.2 Å². The number of nitrogens with one attached hydrogen (secondary N) is 2. The summed E-state index contributed by atoms with van der Waals surface area (Å²) in [5.74, 6) is -0.0427. The van der Waals surface area contributed by atoms with Gasteiger partial charge in [0.05, 0.1) is 6.21 Å². The van der Waals surface area contributed by atoms with E-state index in [9.17, 15) is 4.79 Å². The number of carboxylic acids is 1. The van der Waals surface area contributed by atoms with Gasteiger partial charge in [0.1, 0.15) is 5.75 Å². The summed E-state index contributed by atoms with van der Waals surface area (Å²) >= 11 is 5.20. The van der Waals surface area contributed by atoms with E-state index in [1.54, 1.807) is 30.5 Å². The smallest absolute Gasteiger partial charge is 0.341 e. The minimum Gasteiger partial charge on any atom is -0.482 e. The van der Waals surface area contributed by atoms with Crippen LogP contribution >= 0.6 is 12.2 Å². The molecule has 0 atom stereocenters. The maximum atomic E-state index is 10.4. The summed E-state index contributed by atoms with van der Waals surface area (Å²) in [5, 5.41) is 16.1. The monoisotopic (exact) mass is 371 g/mol. The average Bonchev–Trinajstić information content (AvgIpc) is 2.61. The Kier molecular flexibility index (Phi) is 7.11. The summed E-state index contributed by atoms with van der Waals surface area (Å²) in [6, 6.07) is 15.0. The van der Waals surface area contributed by atoms with E-state index in [2.05, 4.69) is 41.8 Å². The van der Waals surface area contributed by atoms with Crippen molar-refractivity contribution in [2.24, 2.45) is 5.10 Å². The van der Waals surface area contributed by atoms with Crippen LogP contribution in [0.4, 0.5) is 5.69 Å². The second-order valence-electron chi connectivity index (χ2n) is 5.85. The number of hydrogen-bond acceptors (Lipinski definition) is 4. The molecule has 136 valence electrons. The van der Waals surface area contributed by atoms with Gasteiger partial charge < -0.3 is 15.2 Å². The molecule has 6 nitrogen and oxygen atoms in total. The van der Waals surface area contributed by atoms with Crippen molar-refractivity contribution < 1.29 is 14.6 Å². The Morgan fingerprint density at radius 3 is 2.42 bits per heavy atom. The lowest BCUT2D eigenvalue weighted by atomic mass is 10.0. The van der Waals surface area contributed by atoms with Crippen molar-refractivity contribution in [3.63, 3.8) is 0 Å². The number of carbonyl (C=O) groups is 1. The van der Waals surface area contributed by atoms with Crippen molar-refractivity contribution in [1.82, 2.24) is 5.43 Å². The van der Waals surface area contributed by atoms with Crippen molar-refractivity contribution in [3.8, 4) is 5.75 Å². The van der Waals surface area contributed by atoms with Crippen molar-refractivity contribution in [2.45, 2.75) is 19.8 Å². The van der Waals surface area contributed by atoms with Gasteiger partial charge in [-0.3, -0.25) is 5.43 Å². The van der Waals surface area contributed by atoms with Gasteiger partial charge in [-0.1, -0.05) is 26.0 Å². The molecule has 0 saturated carbocycles. The molecule has 0 bridgehead atoms. The highest BCUT2D eigenvalue weighted by Gasteiger charge is 2.01. The molecule has 0 saturated heterocycles. The molecule has 2 aromatic rings. The molecule has 0 heterocycles. The van der Waals surface area contributed by atoms with Gasteiger partial charge in [0.15, 0.2) is 11.7 Å². The molecule has 2 rings (SSSR count). The van der Waals surface area contributed by atoms with E-state index in [1.807, 2.05) is 12.1 Å². The summed E-state index contributed by atoms with van der Waals surface area (Å²) in [7, 11) is 0. The summed E-state index contributed by atoms with van der Waals surface area (Å²) < 4.78 is 5.06. The summed E-state index contributed by atoms with van der Waals surface area (Å²) in [6.45, 7) is 3.93. The second kappa shape index (κ2) is 9.53. The van der Waals surface area contributed by atoms with E-state index >= 15 is 0 Å². The highest BCUT2D eigenvalue weighted by Crippen LogP contribution is 2.17. The number of thiocarbonyl (C=S) groups is 1. The van der Waals surface area contributed by atoms with Crippen LogP contribution in [0.15, 0.2) is 53.6 Å². The average molecular weight is 371 g/mol. The number of anilines is 1. The van der Waals surface area contributed by atoms with Gasteiger partial charge in [0.2, 0.25) is 0 Å². The molecule has 0 radical (unpaired) electrons. The van der Waals surface area contributed by atoms with Crippen LogP contribution in [0, 0.1) is 0 Å². The Balaban J connectivity index is 1.81. The SMILES string of the molecule is CC(C)c1ccc(NC(=S)N/N=C\c2ccc(OCC(=O)O)cc2)cc1. The molecule has 0 aliphatic heterocycles. The number of hydrazone groups is 1. The molecule has 26 heavy (non-hydrogen) atoms. The lowest BCUT2D eigenvalue weighted by Gasteiger charge is -2.09. The zero-order valence-electron chi connectivity index (χ0n) is 14.6. The Morgan fingerprint density at radius 2 is 1.85 bits per heavy atom. The predicted octanol–water partition coefficient (Wildman–Crippen LogP) is 3.59. The van der Waals surface area contributed by atoms with Gasteiger partial charge in [-0.05, 0) is 65.7 Å². The van der Waals surface area contributed by atoms with E-state index in [0.29, 0.717) is 16.8 Å². The van der Waals surface area contributed by atoms with Crippen LogP contribution in [-0.4, -0.2) is 29.0 Å². The first-order chi connectivity index (χ1) is 12.4. The van der Waals surface area contributed by atoms with Crippen molar-refractivity contribution in [1.29, 1.82) is 0 Å². The fourth-order valence-electron chi connectivity index (χ4n) is 2.07. The number of carboxylic acid groups (broad SMARTS) is 1. The van der Waals surface area contributed by atoms with Crippen LogP contribution in [0.2, 0.25) is 0 Å². The van der Waals surface area contributed by atoms with Crippen LogP contribution in [0.5, 0.6) is 5.75 Å². The fraction of sp³-hybridized carbons (Fsp3) is 0.211. The van der Waals surface area contributed by atoms with Gasteiger partial charge >= 0.3 is 5.97 Å². The van der Waals surface area contributed by atoms with Crippen molar-refractivity contribution in [2.75, 3.05) is 11.9 Å². The zero-order valence-corrected chi connectivity index (χ0v) is 15.4. The molecule has 0 fully saturated rings. The Morgan fingerprint density at radius 1 is 1.19 bits per heavy atom. The van der Waals surface area contributed by atoms with Gasteiger partial charge in [0.25, 0.3) is 0 Å². The number of nitrogens with zero attached hydrogens (tertiary/aromatic N) is 1. The largest absolute Gasteiger partial charge is 0.482 e. The number of aliphatic carboxylic acids is 1. The molecule has 0 aliphatic carbocycles. The Hall–Kier alpha value is -2.93. The molecular weight excluding hydrogens is 350 g/mol. The van der Waals surface area contributed by atoms with Crippen LogP contribution in [0.25, 0.3) is 0 Å². The molecule has 0 unspecified atom stereocenters. The third-order valence-corrected chi connectivity index (χ3v) is 3.65. The topological polar surface area (TPSA) is 83.0 Å². The van der Waals surface area contributed by atoms with Gasteiger partial charge in [0, 0.05) is 5.69 Å². The summed E-state index contributed by atoms with van der Waals surface area (Å²) in [5.41, 5.74) is 5.73. The first kappa shape index (κ1) is 19.4. The maximum Gasteiger partial charge on any atom is 0.341 e. The summed E-state index contributed by atoms with van der Waals surface area (Å²) in [4.78, 5) is 10.4. The molecule has 2 aromatic carbocycles. The highest BCUT2D eigenvalue weighted by atomic mass is 32.1. The van der Waals surface area contributed by atoms with E-state index in [1.165, 1.54) is 5.56 Å². The molecule has 7 heteroatoms. The van der Waals surface area contributed by atoms with Gasteiger partial charge in [-0.25, -0.2) is 4.79 Å². The fourth-order valence-corrected chi connectivity index (χ4v) is 2.24. The van der Waals surface area contributed by atoms with E-state index in [0.717, 1.165) is 11.3 Å². The third-order valence-electron chi connectivity index (χ3n) is 3.46. The molecule has 0 amide bonds. The van der Waals surface area contributed by atoms with Gasteiger partial charge in [-0.2, -0.15) is 5.10 Å². The summed E-state index contributed by atoms with van der Waals surface area (Å²) in [6.07, 6.45) is 1.61. The Bertz CT molecular complexity index is 772. The minimum atomic E-state index is -1.01. The standard InChI is InChI=1S/C19H21N3O3S/c1-13(2)15-5-7-16(8-6-15)21-19(26)22-20-11-14-3-9-17(10-4-14)25-12-18(23)24/h3-11,13H,12H2,1-2H3,(H,23,24)(H2,21,22,26)/b20-11-. The predicted molar refractivity (Wildman–Crippen MR) is 107 cm³/mol. The third kappa shape index (κ3) is 6.52. The normalized spacial score (nSPS) is 10.7. The molecule has 0 spiro atoms. The van der Waals surface area contributed by atoms with Crippen LogP contribution in [-0.2, 0) is 4.79 Å². The van der Waals surface area contributed by atoms with Gasteiger partial charge in [-0.15, -0.1) is 0 Å². The van der Waals surface area contributed by atoms with E-state index < -0.39 is 5.97 Å². The minimum absolute atomic E-state index is 0.368. The van der Waals surface area contributed by atoms with Crippen LogP contribution in [0.3, 0.4) is 0 Å². The zero-order chi connectivity index (χ0) is 18.9. The lowest BCUT2D eigenvalue weighted by molar-refractivity contribution is -0.139.